The molecule has 1 aliphatic rings. The fourth-order valence-electron chi connectivity index (χ4n) is 2.28. The average molecular weight is 264 g/mol. The smallest absolute Gasteiger partial charge is 0.134 e. The van der Waals surface area contributed by atoms with Gasteiger partial charge in [0.15, 0.2) is 0 Å². The van der Waals surface area contributed by atoms with Crippen molar-refractivity contribution in [1.82, 2.24) is 9.97 Å². The highest BCUT2D eigenvalue weighted by Crippen LogP contribution is 2.20. The van der Waals surface area contributed by atoms with E-state index >= 15 is 0 Å². The van der Waals surface area contributed by atoms with Gasteiger partial charge >= 0.3 is 0 Å². The Bertz CT molecular complexity index is 422. The van der Waals surface area contributed by atoms with E-state index < -0.39 is 0 Å². The highest BCUT2D eigenvalue weighted by atomic mass is 16.3. The van der Waals surface area contributed by atoms with Crippen LogP contribution in [-0.4, -0.2) is 40.8 Å². The average Bonchev–Trinajstić information content (AvgIpc) is 2.36. The van der Waals surface area contributed by atoms with Gasteiger partial charge in [0, 0.05) is 25.7 Å². The molecule has 2 rings (SSSR count). The summed E-state index contributed by atoms with van der Waals surface area (Å²) in [6.07, 6.45) is 1.66. The maximum atomic E-state index is 9.75. The minimum Gasteiger partial charge on any atom is -0.391 e. The standard InChI is InChI=1S/C14H24N4O/c1-10(2)8-15-13-7-14(17-11(3)16-13)18-6-4-5-12(19)9-18/h7,10,12,19H,4-6,8-9H2,1-3H3,(H,15,16,17). The predicted octanol–water partition coefficient (Wildman–Crippen LogP) is 1.81. The molecular weight excluding hydrogens is 240 g/mol. The first kappa shape index (κ1) is 14.1. The summed E-state index contributed by atoms with van der Waals surface area (Å²) in [4.78, 5) is 11.0. The molecule has 0 radical (unpaired) electrons. The van der Waals surface area contributed by atoms with Crippen LogP contribution in [-0.2, 0) is 0 Å². The molecule has 19 heavy (non-hydrogen) atoms. The van der Waals surface area contributed by atoms with E-state index in [0.717, 1.165) is 43.4 Å². The van der Waals surface area contributed by atoms with E-state index in [1.165, 1.54) is 0 Å². The number of nitrogens with one attached hydrogen (secondary N) is 1. The minimum absolute atomic E-state index is 0.240. The second-order valence-corrected chi connectivity index (χ2v) is 5.68. The number of hydrogen-bond acceptors (Lipinski definition) is 5. The second-order valence-electron chi connectivity index (χ2n) is 5.68. The fourth-order valence-corrected chi connectivity index (χ4v) is 2.28. The first-order valence-corrected chi connectivity index (χ1v) is 7.07. The Hall–Kier alpha value is -1.36. The number of piperidine rings is 1. The fraction of sp³-hybridized carbons (Fsp3) is 0.714. The van der Waals surface area contributed by atoms with Crippen molar-refractivity contribution in [3.05, 3.63) is 11.9 Å². The Kier molecular flexibility index (Phi) is 4.58. The van der Waals surface area contributed by atoms with Gasteiger partial charge in [-0.25, -0.2) is 9.97 Å². The van der Waals surface area contributed by atoms with E-state index in [9.17, 15) is 5.11 Å². The van der Waals surface area contributed by atoms with Gasteiger partial charge in [-0.15, -0.1) is 0 Å². The molecule has 1 unspecified atom stereocenters. The lowest BCUT2D eigenvalue weighted by Gasteiger charge is -2.31. The van der Waals surface area contributed by atoms with E-state index in [-0.39, 0.29) is 6.10 Å². The number of hydrogen-bond donors (Lipinski definition) is 2. The molecule has 1 aliphatic heterocycles. The molecule has 2 heterocycles. The predicted molar refractivity (Wildman–Crippen MR) is 77.6 cm³/mol. The molecule has 1 fully saturated rings. The van der Waals surface area contributed by atoms with E-state index in [0.29, 0.717) is 12.5 Å². The van der Waals surface area contributed by atoms with Crippen LogP contribution in [0, 0.1) is 12.8 Å². The SMILES string of the molecule is Cc1nc(NCC(C)C)cc(N2CCCC(O)C2)n1. The molecule has 0 spiro atoms. The van der Waals surface area contributed by atoms with Crippen molar-refractivity contribution >= 4 is 11.6 Å². The summed E-state index contributed by atoms with van der Waals surface area (Å²) in [5, 5.41) is 13.1. The summed E-state index contributed by atoms with van der Waals surface area (Å²) >= 11 is 0. The molecule has 2 N–H and O–H groups in total. The van der Waals surface area contributed by atoms with Crippen molar-refractivity contribution in [2.45, 2.75) is 39.7 Å². The van der Waals surface area contributed by atoms with Gasteiger partial charge in [0.25, 0.3) is 0 Å². The summed E-state index contributed by atoms with van der Waals surface area (Å²) in [6.45, 7) is 8.77. The lowest BCUT2D eigenvalue weighted by Crippen LogP contribution is -2.38. The Morgan fingerprint density at radius 3 is 2.95 bits per heavy atom. The Labute approximate surface area is 115 Å². The molecule has 1 saturated heterocycles. The third-order valence-corrected chi connectivity index (χ3v) is 3.24. The van der Waals surface area contributed by atoms with Gasteiger partial charge < -0.3 is 15.3 Å². The molecule has 0 bridgehead atoms. The van der Waals surface area contributed by atoms with Crippen LogP contribution in [0.5, 0.6) is 0 Å². The molecule has 0 amide bonds. The molecule has 0 saturated carbocycles. The third-order valence-electron chi connectivity index (χ3n) is 3.24. The van der Waals surface area contributed by atoms with Gasteiger partial charge in [-0.1, -0.05) is 13.8 Å². The normalized spacial score (nSPS) is 19.8. The van der Waals surface area contributed by atoms with Gasteiger partial charge in [0.1, 0.15) is 17.5 Å². The topological polar surface area (TPSA) is 61.3 Å². The Balaban J connectivity index is 2.11. The van der Waals surface area contributed by atoms with E-state index in [4.69, 9.17) is 0 Å². The number of aliphatic hydroxyl groups excluding tert-OH is 1. The van der Waals surface area contributed by atoms with Crippen LogP contribution >= 0.6 is 0 Å². The molecule has 1 aromatic heterocycles. The van der Waals surface area contributed by atoms with Crippen molar-refractivity contribution in [2.24, 2.45) is 5.92 Å². The molecule has 1 aromatic rings. The number of aryl methyl sites for hydroxylation is 1. The molecule has 1 atom stereocenters. The quantitative estimate of drug-likeness (QED) is 0.868. The zero-order valence-electron chi connectivity index (χ0n) is 12.1. The maximum Gasteiger partial charge on any atom is 0.134 e. The largest absolute Gasteiger partial charge is 0.391 e. The van der Waals surface area contributed by atoms with Crippen LogP contribution < -0.4 is 10.2 Å². The van der Waals surface area contributed by atoms with Gasteiger partial charge in [0.05, 0.1) is 6.10 Å². The van der Waals surface area contributed by atoms with Crippen LogP contribution in [0.4, 0.5) is 11.6 Å². The van der Waals surface area contributed by atoms with Crippen molar-refractivity contribution < 1.29 is 5.11 Å². The summed E-state index contributed by atoms with van der Waals surface area (Å²) in [7, 11) is 0. The molecule has 106 valence electrons. The summed E-state index contributed by atoms with van der Waals surface area (Å²) in [5.41, 5.74) is 0. The Morgan fingerprint density at radius 2 is 2.26 bits per heavy atom. The van der Waals surface area contributed by atoms with Crippen LogP contribution in [0.15, 0.2) is 6.07 Å². The van der Waals surface area contributed by atoms with Crippen molar-refractivity contribution in [3.8, 4) is 0 Å². The van der Waals surface area contributed by atoms with Gasteiger partial charge in [-0.3, -0.25) is 0 Å². The first-order valence-electron chi connectivity index (χ1n) is 7.07. The van der Waals surface area contributed by atoms with E-state index in [1.807, 2.05) is 13.0 Å². The number of aliphatic hydroxyl groups is 1. The lowest BCUT2D eigenvalue weighted by atomic mass is 10.1. The number of aromatic nitrogens is 2. The maximum absolute atomic E-state index is 9.75. The minimum atomic E-state index is -0.240. The van der Waals surface area contributed by atoms with Gasteiger partial charge in [-0.2, -0.15) is 0 Å². The number of β-amino-alcohol motifs (C(OH)–C–C–N with tert-alkyl or cyclic N) is 1. The van der Waals surface area contributed by atoms with Crippen molar-refractivity contribution in [1.29, 1.82) is 0 Å². The second kappa shape index (κ2) is 6.19. The van der Waals surface area contributed by atoms with Gasteiger partial charge in [0.2, 0.25) is 0 Å². The van der Waals surface area contributed by atoms with E-state index in [1.54, 1.807) is 0 Å². The summed E-state index contributed by atoms with van der Waals surface area (Å²) < 4.78 is 0. The highest BCUT2D eigenvalue weighted by molar-refractivity contribution is 5.49. The molecule has 0 aromatic carbocycles. The van der Waals surface area contributed by atoms with Gasteiger partial charge in [-0.05, 0) is 25.7 Å². The summed E-state index contributed by atoms with van der Waals surface area (Å²) in [5.74, 6) is 3.13. The third kappa shape index (κ3) is 4.06. The number of nitrogens with zero attached hydrogens (tertiary/aromatic N) is 3. The number of rotatable bonds is 4. The first-order chi connectivity index (χ1) is 9.04. The monoisotopic (exact) mass is 264 g/mol. The van der Waals surface area contributed by atoms with Crippen molar-refractivity contribution in [3.63, 3.8) is 0 Å². The lowest BCUT2D eigenvalue weighted by molar-refractivity contribution is 0.154. The zero-order chi connectivity index (χ0) is 13.8. The molecule has 5 heteroatoms. The zero-order valence-corrected chi connectivity index (χ0v) is 12.1. The Morgan fingerprint density at radius 1 is 1.47 bits per heavy atom. The van der Waals surface area contributed by atoms with Crippen LogP contribution in [0.1, 0.15) is 32.5 Å². The summed E-state index contributed by atoms with van der Waals surface area (Å²) in [6, 6.07) is 1.98. The number of anilines is 2. The van der Waals surface area contributed by atoms with Crippen molar-refractivity contribution in [2.75, 3.05) is 29.9 Å². The van der Waals surface area contributed by atoms with E-state index in [2.05, 4.69) is 34.0 Å². The molecule has 5 nitrogen and oxygen atoms in total. The van der Waals surface area contributed by atoms with Crippen LogP contribution in [0.2, 0.25) is 0 Å². The highest BCUT2D eigenvalue weighted by Gasteiger charge is 2.19. The molecular formula is C14H24N4O. The molecule has 0 aliphatic carbocycles. The van der Waals surface area contributed by atoms with Crippen LogP contribution in [0.25, 0.3) is 0 Å². The van der Waals surface area contributed by atoms with Crippen LogP contribution in [0.3, 0.4) is 0 Å².